The molecule has 0 unspecified atom stereocenters. The van der Waals surface area contributed by atoms with Gasteiger partial charge in [0.2, 0.25) is 6.29 Å². The van der Waals surface area contributed by atoms with Gasteiger partial charge < -0.3 is 65.3 Å². The summed E-state index contributed by atoms with van der Waals surface area (Å²) >= 11 is 0. The van der Waals surface area contributed by atoms with Crippen LogP contribution in [0.4, 0.5) is 0 Å². The quantitative estimate of drug-likeness (QED) is 0.116. The van der Waals surface area contributed by atoms with Crippen molar-refractivity contribution in [2.75, 3.05) is 13.2 Å². The van der Waals surface area contributed by atoms with Gasteiger partial charge in [0.1, 0.15) is 60.3 Å². The Balaban J connectivity index is 0.000000133. The van der Waals surface area contributed by atoms with Crippen molar-refractivity contribution in [3.63, 3.8) is 0 Å². The molecule has 0 bridgehead atoms. The fourth-order valence-corrected chi connectivity index (χ4v) is 7.90. The van der Waals surface area contributed by atoms with Crippen LogP contribution >= 0.6 is 0 Å². The Labute approximate surface area is 324 Å². The summed E-state index contributed by atoms with van der Waals surface area (Å²) in [4.78, 5) is 0. The number of aromatic hydroxyl groups is 1. The molecular weight excluding hydrogens is 736 g/mol. The van der Waals surface area contributed by atoms with E-state index in [0.29, 0.717) is 11.5 Å². The van der Waals surface area contributed by atoms with Gasteiger partial charge in [-0.1, -0.05) is 91.0 Å². The number of aliphatic hydroxyl groups is 9. The van der Waals surface area contributed by atoms with Crippen molar-refractivity contribution in [2.45, 2.75) is 61.4 Å². The molecule has 13 nitrogen and oxygen atoms in total. The average molecular weight is 779 g/mol. The second-order valence-electron chi connectivity index (χ2n) is 14.4. The van der Waals surface area contributed by atoms with E-state index in [1.54, 1.807) is 12.1 Å². The Morgan fingerprint density at radius 2 is 0.842 bits per heavy atom. The molecule has 57 heavy (non-hydrogen) atoms. The van der Waals surface area contributed by atoms with Gasteiger partial charge >= 0.3 is 0 Å². The minimum Gasteiger partial charge on any atom is -0.507 e. The van der Waals surface area contributed by atoms with Crippen LogP contribution in [0.2, 0.25) is 0 Å². The van der Waals surface area contributed by atoms with Crippen LogP contribution in [0.5, 0.6) is 11.5 Å². The molecule has 2 fully saturated rings. The molecule has 0 saturated carbocycles. The first-order valence-electron chi connectivity index (χ1n) is 18.5. The van der Waals surface area contributed by atoms with E-state index in [1.165, 1.54) is 26.9 Å². The van der Waals surface area contributed by atoms with E-state index in [0.717, 1.165) is 37.7 Å². The Bertz CT molecular complexity index is 2590. The molecular formula is C44H42O13. The van der Waals surface area contributed by atoms with Crippen LogP contribution in [0.1, 0.15) is 0 Å². The highest BCUT2D eigenvalue weighted by molar-refractivity contribution is 6.25. The summed E-state index contributed by atoms with van der Waals surface area (Å²) in [7, 11) is 0. The number of hydrogen-bond donors (Lipinski definition) is 10. The second kappa shape index (κ2) is 15.7. The van der Waals surface area contributed by atoms with Crippen LogP contribution in [-0.4, -0.2) is 126 Å². The van der Waals surface area contributed by atoms with E-state index in [1.807, 2.05) is 36.4 Å². The lowest BCUT2D eigenvalue weighted by atomic mass is 9.94. The van der Waals surface area contributed by atoms with Gasteiger partial charge in [-0.05, 0) is 61.3 Å². The third-order valence-electron chi connectivity index (χ3n) is 11.0. The Morgan fingerprint density at radius 1 is 0.421 bits per heavy atom. The van der Waals surface area contributed by atoms with Gasteiger partial charge in [0, 0.05) is 21.5 Å². The fraction of sp³-hybridized carbons (Fsp3) is 0.273. The molecule has 296 valence electrons. The summed E-state index contributed by atoms with van der Waals surface area (Å²) in [5.41, 5.74) is 0. The first-order chi connectivity index (χ1) is 27.5. The minimum absolute atomic E-state index is 0.357. The summed E-state index contributed by atoms with van der Waals surface area (Å²) in [5, 5.41) is 108. The van der Waals surface area contributed by atoms with Crippen molar-refractivity contribution >= 4 is 64.6 Å². The summed E-state index contributed by atoms with van der Waals surface area (Å²) in [6, 6.07) is 36.4. The molecule has 8 aromatic carbocycles. The highest BCUT2D eigenvalue weighted by atomic mass is 16.7. The van der Waals surface area contributed by atoms with Gasteiger partial charge in [0.25, 0.3) is 0 Å². The summed E-state index contributed by atoms with van der Waals surface area (Å²) < 4.78 is 16.0. The van der Waals surface area contributed by atoms with Crippen molar-refractivity contribution in [1.29, 1.82) is 0 Å². The molecule has 10 rings (SSSR count). The average Bonchev–Trinajstić information content (AvgIpc) is 3.24. The summed E-state index contributed by atoms with van der Waals surface area (Å²) in [6.45, 7) is -1.02. The van der Waals surface area contributed by atoms with Crippen LogP contribution in [0.15, 0.2) is 109 Å². The number of ether oxygens (including phenoxy) is 3. The molecule has 10 atom stereocenters. The van der Waals surface area contributed by atoms with Crippen LogP contribution in [0.3, 0.4) is 0 Å². The number of phenols is 1. The molecule has 10 N–H and O–H groups in total. The first kappa shape index (κ1) is 38.9. The lowest BCUT2D eigenvalue weighted by Crippen LogP contribution is -2.60. The van der Waals surface area contributed by atoms with E-state index >= 15 is 0 Å². The van der Waals surface area contributed by atoms with Crippen LogP contribution in [-0.2, 0) is 9.47 Å². The van der Waals surface area contributed by atoms with Gasteiger partial charge in [0.05, 0.1) is 13.2 Å². The largest absolute Gasteiger partial charge is 0.507 e. The molecule has 0 aliphatic carbocycles. The Morgan fingerprint density at radius 3 is 1.39 bits per heavy atom. The SMILES string of the molecule is OC[C@H]1O[C@@H](O)[C@H](O)[C@@H](O)[C@H]1O.OC[C@H]1O[C@@H](Oc2ccc3ccc4cccc5ccc2c3c45)[C@H](O)[C@@H](O)[C@H]1O.Oc1ccc2ccc3cccc4ccc1c2c34. The standard InChI is InChI=1S/C22H20O6.C16H10O.C6H12O6/c23-10-16-19(24)20(25)21(26)22(28-16)27-15-9-7-13-5-4-11-2-1-3-12-6-8-14(15)18(13)17(11)12;17-14-9-7-12-5-4-10-2-1-3-11-6-8-13(14)16(12)15(10)11;7-1-2-3(8)4(9)5(10)6(11)12-2/h1-9,16,19-26H,10H2;1-9,17H;2-11H,1H2/t16-,19+,20+,21-,22-;;2-,3+,4+,5-,6-/m1.1/s1. The zero-order valence-electron chi connectivity index (χ0n) is 30.3. The molecule has 8 aromatic rings. The maximum atomic E-state index is 10.3. The van der Waals surface area contributed by atoms with Gasteiger partial charge in [0.15, 0.2) is 6.29 Å². The maximum Gasteiger partial charge on any atom is 0.229 e. The molecule has 0 radical (unpaired) electrons. The van der Waals surface area contributed by atoms with Crippen molar-refractivity contribution in [3.8, 4) is 11.5 Å². The minimum atomic E-state index is -1.57. The molecule has 13 heteroatoms. The fourth-order valence-electron chi connectivity index (χ4n) is 7.90. The van der Waals surface area contributed by atoms with Crippen LogP contribution < -0.4 is 4.74 Å². The summed E-state index contributed by atoms with van der Waals surface area (Å²) in [6.07, 6.45) is -13.6. The molecule has 0 amide bonds. The number of phenolic OH excluding ortho intramolecular Hbond substituents is 1. The topological polar surface area (TPSA) is 230 Å². The Kier molecular flexibility index (Phi) is 10.7. The molecule has 2 aliphatic heterocycles. The molecule has 0 spiro atoms. The van der Waals surface area contributed by atoms with Crippen molar-refractivity contribution < 1.29 is 65.3 Å². The van der Waals surface area contributed by atoms with E-state index in [2.05, 4.69) is 65.4 Å². The predicted molar refractivity (Wildman–Crippen MR) is 212 cm³/mol. The van der Waals surface area contributed by atoms with Crippen molar-refractivity contribution in [2.24, 2.45) is 0 Å². The van der Waals surface area contributed by atoms with Gasteiger partial charge in [-0.15, -0.1) is 0 Å². The van der Waals surface area contributed by atoms with Gasteiger partial charge in [-0.25, -0.2) is 0 Å². The van der Waals surface area contributed by atoms with Crippen LogP contribution in [0, 0.1) is 0 Å². The van der Waals surface area contributed by atoms with Crippen LogP contribution in [0.25, 0.3) is 64.6 Å². The maximum absolute atomic E-state index is 10.3. The molecule has 0 aromatic heterocycles. The van der Waals surface area contributed by atoms with E-state index in [-0.39, 0.29) is 0 Å². The van der Waals surface area contributed by atoms with Crippen molar-refractivity contribution in [3.05, 3.63) is 109 Å². The number of benzene rings is 8. The highest BCUT2D eigenvalue weighted by Crippen LogP contribution is 2.40. The predicted octanol–water partition coefficient (Wildman–Crippen LogP) is 2.83. The smallest absolute Gasteiger partial charge is 0.229 e. The van der Waals surface area contributed by atoms with Gasteiger partial charge in [-0.3, -0.25) is 0 Å². The van der Waals surface area contributed by atoms with Gasteiger partial charge in [-0.2, -0.15) is 0 Å². The molecule has 2 saturated heterocycles. The lowest BCUT2D eigenvalue weighted by molar-refractivity contribution is -0.286. The summed E-state index contributed by atoms with van der Waals surface area (Å²) in [5.74, 6) is 0.853. The lowest BCUT2D eigenvalue weighted by Gasteiger charge is -2.39. The second-order valence-corrected chi connectivity index (χ2v) is 14.4. The molecule has 2 heterocycles. The van der Waals surface area contributed by atoms with E-state index in [9.17, 15) is 25.5 Å². The molecule has 2 aliphatic rings. The monoisotopic (exact) mass is 778 g/mol. The normalized spacial score (nSPS) is 27.8. The number of rotatable bonds is 4. The third kappa shape index (κ3) is 6.92. The van der Waals surface area contributed by atoms with Crippen molar-refractivity contribution in [1.82, 2.24) is 0 Å². The zero-order chi connectivity index (χ0) is 40.1. The number of aliphatic hydroxyl groups excluding tert-OH is 9. The zero-order valence-corrected chi connectivity index (χ0v) is 30.3. The number of hydrogen-bond acceptors (Lipinski definition) is 13. The third-order valence-corrected chi connectivity index (χ3v) is 11.0. The van der Waals surface area contributed by atoms with E-state index < -0.39 is 74.6 Å². The van der Waals surface area contributed by atoms with E-state index in [4.69, 9.17) is 35.0 Å². The Hall–Kier alpha value is -5.00. The highest BCUT2D eigenvalue weighted by Gasteiger charge is 2.45. The first-order valence-corrected chi connectivity index (χ1v) is 18.5.